The van der Waals surface area contributed by atoms with E-state index >= 15 is 0 Å². The van der Waals surface area contributed by atoms with Crippen LogP contribution in [0.25, 0.3) is 0 Å². The van der Waals surface area contributed by atoms with Crippen molar-refractivity contribution in [1.82, 2.24) is 10.0 Å². The highest BCUT2D eigenvalue weighted by atomic mass is 16.7. The van der Waals surface area contributed by atoms with Crippen molar-refractivity contribution in [2.45, 2.75) is 13.5 Å². The minimum absolute atomic E-state index is 0.512. The lowest BCUT2D eigenvalue weighted by Gasteiger charge is -2.22. The van der Waals surface area contributed by atoms with Gasteiger partial charge in [-0.3, -0.25) is 14.9 Å². The van der Waals surface area contributed by atoms with E-state index in [4.69, 9.17) is 4.84 Å². The molecular formula is C12H14N2O. The van der Waals surface area contributed by atoms with E-state index in [2.05, 4.69) is 18.0 Å². The normalized spacial score (nSPS) is 15.3. The summed E-state index contributed by atoms with van der Waals surface area (Å²) in [5.74, 6) is 0. The highest BCUT2D eigenvalue weighted by molar-refractivity contribution is 5.15. The SMILES string of the molecule is CC1=CC=CN(OCc2ccccn2)C1. The number of hydrogen-bond acceptors (Lipinski definition) is 3. The maximum Gasteiger partial charge on any atom is 0.117 e. The van der Waals surface area contributed by atoms with Gasteiger partial charge in [0.25, 0.3) is 0 Å². The minimum atomic E-state index is 0.512. The second kappa shape index (κ2) is 4.75. The number of aromatic nitrogens is 1. The molecule has 3 nitrogen and oxygen atoms in total. The van der Waals surface area contributed by atoms with Gasteiger partial charge in [0.1, 0.15) is 6.61 Å². The van der Waals surface area contributed by atoms with Crippen LogP contribution in [0.1, 0.15) is 12.6 Å². The van der Waals surface area contributed by atoms with E-state index < -0.39 is 0 Å². The van der Waals surface area contributed by atoms with E-state index in [1.54, 1.807) is 6.20 Å². The molecule has 3 heteroatoms. The number of hydrogen-bond donors (Lipinski definition) is 0. The molecule has 2 rings (SSSR count). The first-order valence-corrected chi connectivity index (χ1v) is 4.98. The molecule has 0 fully saturated rings. The van der Waals surface area contributed by atoms with E-state index in [0.717, 1.165) is 12.2 Å². The second-order valence-corrected chi connectivity index (χ2v) is 3.52. The van der Waals surface area contributed by atoms with Crippen molar-refractivity contribution >= 4 is 0 Å². The number of pyridine rings is 1. The van der Waals surface area contributed by atoms with Gasteiger partial charge < -0.3 is 0 Å². The third-order valence-electron chi connectivity index (χ3n) is 2.14. The van der Waals surface area contributed by atoms with Crippen molar-refractivity contribution in [2.75, 3.05) is 6.54 Å². The van der Waals surface area contributed by atoms with Gasteiger partial charge in [-0.15, -0.1) is 0 Å². The number of allylic oxidation sites excluding steroid dienone is 2. The Balaban J connectivity index is 1.85. The van der Waals surface area contributed by atoms with Crippen molar-refractivity contribution in [2.24, 2.45) is 0 Å². The molecule has 0 saturated carbocycles. The summed E-state index contributed by atoms with van der Waals surface area (Å²) >= 11 is 0. The first kappa shape index (κ1) is 9.93. The molecule has 0 aliphatic carbocycles. The van der Waals surface area contributed by atoms with Gasteiger partial charge in [-0.25, -0.2) is 0 Å². The lowest BCUT2D eigenvalue weighted by Crippen LogP contribution is -2.21. The summed E-state index contributed by atoms with van der Waals surface area (Å²) in [6.07, 6.45) is 7.77. The molecule has 0 aromatic carbocycles. The quantitative estimate of drug-likeness (QED) is 0.752. The average molecular weight is 202 g/mol. The Bertz CT molecular complexity index is 370. The zero-order valence-electron chi connectivity index (χ0n) is 8.76. The lowest BCUT2D eigenvalue weighted by molar-refractivity contribution is -0.127. The highest BCUT2D eigenvalue weighted by Crippen LogP contribution is 2.08. The van der Waals surface area contributed by atoms with Crippen molar-refractivity contribution in [3.63, 3.8) is 0 Å². The Morgan fingerprint density at radius 1 is 1.47 bits per heavy atom. The zero-order chi connectivity index (χ0) is 10.5. The third kappa shape index (κ3) is 2.92. The van der Waals surface area contributed by atoms with Gasteiger partial charge in [0.15, 0.2) is 0 Å². The molecule has 0 unspecified atom stereocenters. The van der Waals surface area contributed by atoms with Crippen LogP contribution in [-0.4, -0.2) is 16.6 Å². The Morgan fingerprint density at radius 2 is 2.40 bits per heavy atom. The fourth-order valence-electron chi connectivity index (χ4n) is 1.38. The van der Waals surface area contributed by atoms with E-state index in [1.807, 2.05) is 35.5 Å². The maximum atomic E-state index is 5.58. The molecule has 2 heterocycles. The maximum absolute atomic E-state index is 5.58. The van der Waals surface area contributed by atoms with Crippen LogP contribution in [0.15, 0.2) is 48.3 Å². The summed E-state index contributed by atoms with van der Waals surface area (Å²) in [6.45, 7) is 3.42. The van der Waals surface area contributed by atoms with Crippen LogP contribution in [0, 0.1) is 0 Å². The smallest absolute Gasteiger partial charge is 0.117 e. The van der Waals surface area contributed by atoms with Gasteiger partial charge in [0, 0.05) is 12.4 Å². The molecule has 0 atom stereocenters. The van der Waals surface area contributed by atoms with Gasteiger partial charge in [0.05, 0.1) is 12.2 Å². The Hall–Kier alpha value is -1.61. The van der Waals surface area contributed by atoms with Crippen LogP contribution >= 0.6 is 0 Å². The lowest BCUT2D eigenvalue weighted by atomic mass is 10.2. The Labute approximate surface area is 89.6 Å². The topological polar surface area (TPSA) is 25.4 Å². The molecular weight excluding hydrogens is 188 g/mol. The summed E-state index contributed by atoms with van der Waals surface area (Å²) in [4.78, 5) is 9.77. The summed E-state index contributed by atoms with van der Waals surface area (Å²) in [5, 5.41) is 1.82. The summed E-state index contributed by atoms with van der Waals surface area (Å²) < 4.78 is 0. The van der Waals surface area contributed by atoms with Crippen LogP contribution in [0.2, 0.25) is 0 Å². The standard InChI is InChI=1S/C12H14N2O/c1-11-5-4-8-14(9-11)15-10-12-6-2-3-7-13-12/h2-8H,9-10H2,1H3. The third-order valence-corrected chi connectivity index (χ3v) is 2.14. The van der Waals surface area contributed by atoms with Crippen LogP contribution in [0.5, 0.6) is 0 Å². The van der Waals surface area contributed by atoms with Gasteiger partial charge in [-0.2, -0.15) is 0 Å². The van der Waals surface area contributed by atoms with Crippen LogP contribution in [0.4, 0.5) is 0 Å². The molecule has 15 heavy (non-hydrogen) atoms. The summed E-state index contributed by atoms with van der Waals surface area (Å²) in [6, 6.07) is 5.82. The number of nitrogens with zero attached hydrogens (tertiary/aromatic N) is 2. The molecule has 1 aromatic heterocycles. The zero-order valence-corrected chi connectivity index (χ0v) is 8.76. The van der Waals surface area contributed by atoms with E-state index in [0.29, 0.717) is 6.61 Å². The van der Waals surface area contributed by atoms with Crippen LogP contribution < -0.4 is 0 Å². The Morgan fingerprint density at radius 3 is 3.13 bits per heavy atom. The summed E-state index contributed by atoms with van der Waals surface area (Å²) in [7, 11) is 0. The molecule has 1 aromatic rings. The largest absolute Gasteiger partial charge is 0.267 e. The van der Waals surface area contributed by atoms with Gasteiger partial charge >= 0.3 is 0 Å². The molecule has 0 bridgehead atoms. The predicted molar refractivity (Wildman–Crippen MR) is 58.6 cm³/mol. The highest BCUT2D eigenvalue weighted by Gasteiger charge is 2.04. The fourth-order valence-corrected chi connectivity index (χ4v) is 1.38. The monoisotopic (exact) mass is 202 g/mol. The Kier molecular flexibility index (Phi) is 3.15. The minimum Gasteiger partial charge on any atom is -0.267 e. The number of rotatable bonds is 3. The molecule has 1 aliphatic rings. The van der Waals surface area contributed by atoms with Crippen molar-refractivity contribution in [1.29, 1.82) is 0 Å². The molecule has 0 radical (unpaired) electrons. The van der Waals surface area contributed by atoms with Crippen LogP contribution in [0.3, 0.4) is 0 Å². The van der Waals surface area contributed by atoms with Gasteiger partial charge in [-0.05, 0) is 25.1 Å². The summed E-state index contributed by atoms with van der Waals surface area (Å²) in [5.41, 5.74) is 2.23. The molecule has 0 amide bonds. The number of hydroxylamine groups is 2. The van der Waals surface area contributed by atoms with Gasteiger partial charge in [0.2, 0.25) is 0 Å². The van der Waals surface area contributed by atoms with Crippen molar-refractivity contribution < 1.29 is 4.84 Å². The van der Waals surface area contributed by atoms with E-state index in [9.17, 15) is 0 Å². The first-order valence-electron chi connectivity index (χ1n) is 4.98. The molecule has 78 valence electrons. The van der Waals surface area contributed by atoms with Crippen molar-refractivity contribution in [3.05, 3.63) is 54.0 Å². The predicted octanol–water partition coefficient (Wildman–Crippen LogP) is 2.29. The average Bonchev–Trinajstić information content (AvgIpc) is 2.28. The van der Waals surface area contributed by atoms with E-state index in [1.165, 1.54) is 5.57 Å². The first-order chi connectivity index (χ1) is 7.34. The van der Waals surface area contributed by atoms with Gasteiger partial charge in [-0.1, -0.05) is 17.7 Å². The second-order valence-electron chi connectivity index (χ2n) is 3.52. The molecule has 0 N–H and O–H groups in total. The fraction of sp³-hybridized carbons (Fsp3) is 0.250. The molecule has 0 saturated heterocycles. The van der Waals surface area contributed by atoms with Crippen molar-refractivity contribution in [3.8, 4) is 0 Å². The molecule has 0 spiro atoms. The van der Waals surface area contributed by atoms with E-state index in [-0.39, 0.29) is 0 Å². The molecule has 1 aliphatic heterocycles. The van der Waals surface area contributed by atoms with Crippen LogP contribution in [-0.2, 0) is 11.4 Å².